The van der Waals surface area contributed by atoms with Crippen molar-refractivity contribution >= 4 is 23.1 Å². The Hall–Kier alpha value is -1.16. The molecule has 0 amide bonds. The standard InChI is InChI=1S/C8H6ClF2NO/c9-3-6(13)7-4(10)1-2-5(12)8(7)11/h1-2H,3,12H2. The molecule has 0 fully saturated rings. The van der Waals surface area contributed by atoms with E-state index in [4.69, 9.17) is 17.3 Å². The van der Waals surface area contributed by atoms with Crippen LogP contribution in [0.25, 0.3) is 0 Å². The fourth-order valence-electron chi connectivity index (χ4n) is 0.891. The molecule has 0 aromatic heterocycles. The van der Waals surface area contributed by atoms with Gasteiger partial charge in [0.25, 0.3) is 0 Å². The van der Waals surface area contributed by atoms with Gasteiger partial charge < -0.3 is 5.73 Å². The van der Waals surface area contributed by atoms with Crippen LogP contribution < -0.4 is 5.73 Å². The van der Waals surface area contributed by atoms with Crippen LogP contribution in [0, 0.1) is 11.6 Å². The molecule has 1 aromatic carbocycles. The van der Waals surface area contributed by atoms with Crippen molar-refractivity contribution in [3.8, 4) is 0 Å². The SMILES string of the molecule is Nc1ccc(F)c(C(=O)CCl)c1F. The van der Waals surface area contributed by atoms with Crippen LogP contribution in [0.15, 0.2) is 12.1 Å². The molecule has 0 bridgehead atoms. The van der Waals surface area contributed by atoms with E-state index in [1.54, 1.807) is 0 Å². The molecule has 2 nitrogen and oxygen atoms in total. The zero-order chi connectivity index (χ0) is 10.0. The van der Waals surface area contributed by atoms with Gasteiger partial charge in [0.2, 0.25) is 0 Å². The molecule has 13 heavy (non-hydrogen) atoms. The Balaban J connectivity index is 3.33. The molecular formula is C8H6ClF2NO. The van der Waals surface area contributed by atoms with Crippen molar-refractivity contribution < 1.29 is 13.6 Å². The van der Waals surface area contributed by atoms with E-state index >= 15 is 0 Å². The molecule has 5 heteroatoms. The van der Waals surface area contributed by atoms with Gasteiger partial charge in [0, 0.05) is 0 Å². The summed E-state index contributed by atoms with van der Waals surface area (Å²) in [5.41, 5.74) is 4.21. The van der Waals surface area contributed by atoms with Crippen molar-refractivity contribution in [3.05, 3.63) is 29.3 Å². The highest BCUT2D eigenvalue weighted by molar-refractivity contribution is 6.30. The number of anilines is 1. The predicted octanol–water partition coefficient (Wildman–Crippen LogP) is 1.97. The summed E-state index contributed by atoms with van der Waals surface area (Å²) in [5.74, 6) is -3.29. The Labute approximate surface area is 78.3 Å². The molecule has 0 spiro atoms. The minimum atomic E-state index is -1.05. The summed E-state index contributed by atoms with van der Waals surface area (Å²) in [4.78, 5) is 10.9. The number of nitrogens with two attached hydrogens (primary N) is 1. The van der Waals surface area contributed by atoms with Gasteiger partial charge in [-0.1, -0.05) is 0 Å². The van der Waals surface area contributed by atoms with Gasteiger partial charge >= 0.3 is 0 Å². The molecule has 0 atom stereocenters. The van der Waals surface area contributed by atoms with Gasteiger partial charge in [-0.15, -0.1) is 11.6 Å². The van der Waals surface area contributed by atoms with Crippen molar-refractivity contribution in [1.29, 1.82) is 0 Å². The van der Waals surface area contributed by atoms with Crippen LogP contribution in [-0.2, 0) is 0 Å². The number of ketones is 1. The first-order valence-electron chi connectivity index (χ1n) is 3.40. The van der Waals surface area contributed by atoms with E-state index in [9.17, 15) is 13.6 Å². The normalized spacial score (nSPS) is 10.1. The van der Waals surface area contributed by atoms with Crippen molar-refractivity contribution in [1.82, 2.24) is 0 Å². The minimum Gasteiger partial charge on any atom is -0.396 e. The number of halogens is 3. The second kappa shape index (κ2) is 3.70. The van der Waals surface area contributed by atoms with E-state index in [0.29, 0.717) is 0 Å². The van der Waals surface area contributed by atoms with Gasteiger partial charge in [-0.05, 0) is 12.1 Å². The largest absolute Gasteiger partial charge is 0.396 e. The van der Waals surface area contributed by atoms with Gasteiger partial charge in [0.05, 0.1) is 17.1 Å². The van der Waals surface area contributed by atoms with Crippen LogP contribution >= 0.6 is 11.6 Å². The van der Waals surface area contributed by atoms with E-state index < -0.39 is 28.9 Å². The lowest BCUT2D eigenvalue weighted by Gasteiger charge is -2.03. The lowest BCUT2D eigenvalue weighted by molar-refractivity contribution is 0.101. The van der Waals surface area contributed by atoms with Crippen molar-refractivity contribution in [2.24, 2.45) is 0 Å². The molecule has 0 heterocycles. The van der Waals surface area contributed by atoms with Gasteiger partial charge in [0.1, 0.15) is 5.82 Å². The number of carbonyl (C=O) groups excluding carboxylic acids is 1. The van der Waals surface area contributed by atoms with Crippen molar-refractivity contribution in [2.75, 3.05) is 11.6 Å². The third-order valence-electron chi connectivity index (χ3n) is 1.52. The number of nitrogen functional groups attached to an aromatic ring is 1. The molecule has 0 unspecified atom stereocenters. The summed E-state index contributed by atoms with van der Waals surface area (Å²) in [7, 11) is 0. The maximum absolute atomic E-state index is 13.1. The monoisotopic (exact) mass is 205 g/mol. The summed E-state index contributed by atoms with van der Waals surface area (Å²) in [5, 5.41) is 0. The number of carbonyl (C=O) groups is 1. The van der Waals surface area contributed by atoms with Crippen LogP contribution in [-0.4, -0.2) is 11.7 Å². The summed E-state index contributed by atoms with van der Waals surface area (Å²) < 4.78 is 25.9. The average Bonchev–Trinajstić information content (AvgIpc) is 2.12. The van der Waals surface area contributed by atoms with E-state index in [1.165, 1.54) is 0 Å². The van der Waals surface area contributed by atoms with E-state index in [1.807, 2.05) is 0 Å². The third kappa shape index (κ3) is 1.78. The Morgan fingerprint density at radius 2 is 2.08 bits per heavy atom. The predicted molar refractivity (Wildman–Crippen MR) is 45.8 cm³/mol. The Kier molecular flexibility index (Phi) is 2.83. The fourth-order valence-corrected chi connectivity index (χ4v) is 1.02. The summed E-state index contributed by atoms with van der Waals surface area (Å²) in [6.45, 7) is 0. The molecule has 0 saturated heterocycles. The molecule has 0 aliphatic rings. The van der Waals surface area contributed by atoms with Crippen molar-refractivity contribution in [2.45, 2.75) is 0 Å². The molecule has 70 valence electrons. The maximum Gasteiger partial charge on any atom is 0.183 e. The molecule has 2 N–H and O–H groups in total. The van der Waals surface area contributed by atoms with Gasteiger partial charge in [-0.25, -0.2) is 8.78 Å². The van der Waals surface area contributed by atoms with Gasteiger partial charge in [0.15, 0.2) is 11.6 Å². The molecule has 1 rings (SSSR count). The average molecular weight is 206 g/mol. The van der Waals surface area contributed by atoms with Crippen LogP contribution in [0.2, 0.25) is 0 Å². The van der Waals surface area contributed by atoms with E-state index in [0.717, 1.165) is 12.1 Å². The van der Waals surface area contributed by atoms with Gasteiger partial charge in [-0.3, -0.25) is 4.79 Å². The number of hydrogen-bond acceptors (Lipinski definition) is 2. The minimum absolute atomic E-state index is 0.269. The first-order valence-corrected chi connectivity index (χ1v) is 3.94. The topological polar surface area (TPSA) is 43.1 Å². The Bertz CT molecular complexity index is 354. The zero-order valence-corrected chi connectivity index (χ0v) is 7.24. The molecular weight excluding hydrogens is 200 g/mol. The number of alkyl halides is 1. The Morgan fingerprint density at radius 3 is 2.62 bits per heavy atom. The fraction of sp³-hybridized carbons (Fsp3) is 0.125. The first kappa shape index (κ1) is 9.92. The van der Waals surface area contributed by atoms with Crippen LogP contribution in [0.3, 0.4) is 0 Å². The number of Topliss-reactive ketones (excluding diaryl/α,β-unsaturated/α-hetero) is 1. The molecule has 0 saturated carbocycles. The maximum atomic E-state index is 13.1. The smallest absolute Gasteiger partial charge is 0.183 e. The second-order valence-electron chi connectivity index (χ2n) is 2.38. The summed E-state index contributed by atoms with van der Waals surface area (Å²) >= 11 is 5.16. The quantitative estimate of drug-likeness (QED) is 0.456. The molecule has 0 aliphatic carbocycles. The summed E-state index contributed by atoms with van der Waals surface area (Å²) in [6.07, 6.45) is 0. The number of hydrogen-bond donors (Lipinski definition) is 1. The highest BCUT2D eigenvalue weighted by Gasteiger charge is 2.18. The molecule has 0 radical (unpaired) electrons. The first-order chi connectivity index (χ1) is 6.07. The number of rotatable bonds is 2. The molecule has 0 aliphatic heterocycles. The second-order valence-corrected chi connectivity index (χ2v) is 2.65. The van der Waals surface area contributed by atoms with Crippen LogP contribution in [0.4, 0.5) is 14.5 Å². The third-order valence-corrected chi connectivity index (χ3v) is 1.76. The van der Waals surface area contributed by atoms with E-state index in [2.05, 4.69) is 0 Å². The van der Waals surface area contributed by atoms with Gasteiger partial charge in [-0.2, -0.15) is 0 Å². The lowest BCUT2D eigenvalue weighted by atomic mass is 10.1. The van der Waals surface area contributed by atoms with Crippen molar-refractivity contribution in [3.63, 3.8) is 0 Å². The number of benzene rings is 1. The zero-order valence-electron chi connectivity index (χ0n) is 6.48. The van der Waals surface area contributed by atoms with Crippen LogP contribution in [0.1, 0.15) is 10.4 Å². The van der Waals surface area contributed by atoms with Crippen LogP contribution in [0.5, 0.6) is 0 Å². The Morgan fingerprint density at radius 1 is 1.46 bits per heavy atom. The summed E-state index contributed by atoms with van der Waals surface area (Å²) in [6, 6.07) is 1.98. The molecule has 1 aromatic rings. The highest BCUT2D eigenvalue weighted by atomic mass is 35.5. The highest BCUT2D eigenvalue weighted by Crippen LogP contribution is 2.19. The lowest BCUT2D eigenvalue weighted by Crippen LogP contribution is -2.09. The van der Waals surface area contributed by atoms with E-state index in [-0.39, 0.29) is 5.69 Å².